The predicted molar refractivity (Wildman–Crippen MR) is 111 cm³/mol. The maximum absolute atomic E-state index is 12.3. The van der Waals surface area contributed by atoms with E-state index in [0.717, 1.165) is 18.4 Å². The van der Waals surface area contributed by atoms with E-state index in [2.05, 4.69) is 17.6 Å². The van der Waals surface area contributed by atoms with Crippen molar-refractivity contribution in [3.05, 3.63) is 23.8 Å². The van der Waals surface area contributed by atoms with Crippen LogP contribution in [0.3, 0.4) is 0 Å². The summed E-state index contributed by atoms with van der Waals surface area (Å²) in [6.07, 6.45) is 2.14. The first-order chi connectivity index (χ1) is 13.3. The van der Waals surface area contributed by atoms with E-state index in [4.69, 9.17) is 9.47 Å². The van der Waals surface area contributed by atoms with Crippen molar-refractivity contribution in [1.82, 2.24) is 10.6 Å². The number of methoxy groups -OCH3 is 1. The van der Waals surface area contributed by atoms with Crippen LogP contribution in [-0.4, -0.2) is 25.5 Å². The molecule has 0 aromatic heterocycles. The minimum Gasteiger partial charge on any atom is -0.493 e. The Morgan fingerprint density at radius 2 is 1.54 bits per heavy atom. The van der Waals surface area contributed by atoms with E-state index in [0.29, 0.717) is 30.9 Å². The number of amides is 2. The molecule has 1 rings (SSSR count). The molecule has 0 aliphatic carbocycles. The molecule has 2 amide bonds. The summed E-state index contributed by atoms with van der Waals surface area (Å²) in [5.41, 5.74) is 0.751. The Labute approximate surface area is 169 Å². The smallest absolute Gasteiger partial charge is 0.222 e. The average molecular weight is 393 g/mol. The molecule has 0 fully saturated rings. The Morgan fingerprint density at radius 3 is 2.00 bits per heavy atom. The predicted octanol–water partition coefficient (Wildman–Crippen LogP) is 4.20. The fourth-order valence-corrected chi connectivity index (χ4v) is 2.70. The van der Waals surface area contributed by atoms with Crippen molar-refractivity contribution >= 4 is 11.8 Å². The highest BCUT2D eigenvalue weighted by Gasteiger charge is 2.20. The Morgan fingerprint density at radius 1 is 0.964 bits per heavy atom. The van der Waals surface area contributed by atoms with E-state index >= 15 is 0 Å². The van der Waals surface area contributed by atoms with Gasteiger partial charge >= 0.3 is 0 Å². The van der Waals surface area contributed by atoms with Gasteiger partial charge in [0.1, 0.15) is 6.17 Å². The van der Waals surface area contributed by atoms with Crippen LogP contribution in [0.1, 0.15) is 72.0 Å². The van der Waals surface area contributed by atoms with Gasteiger partial charge in [-0.15, -0.1) is 0 Å². The summed E-state index contributed by atoms with van der Waals surface area (Å²) >= 11 is 0. The first kappa shape index (κ1) is 23.8. The highest BCUT2D eigenvalue weighted by atomic mass is 16.5. The van der Waals surface area contributed by atoms with Crippen molar-refractivity contribution in [2.75, 3.05) is 13.7 Å². The molecule has 0 aliphatic heterocycles. The van der Waals surface area contributed by atoms with Gasteiger partial charge in [0, 0.05) is 12.8 Å². The topological polar surface area (TPSA) is 76.7 Å². The summed E-state index contributed by atoms with van der Waals surface area (Å²) in [6.45, 7) is 10.6. The number of nitrogens with one attached hydrogen (secondary N) is 2. The standard InChI is InChI=1S/C22H36N2O4/c1-7-8-11-28-19-14-17(9-10-18(19)27-6)22(23-20(25)12-15(2)3)24-21(26)13-16(4)5/h9-10,14-16,22H,7-8,11-13H2,1-6H3,(H,23,25)(H,24,26). The zero-order valence-corrected chi connectivity index (χ0v) is 18.1. The Bertz CT molecular complexity index is 605. The van der Waals surface area contributed by atoms with Crippen LogP contribution >= 0.6 is 0 Å². The minimum atomic E-state index is -0.614. The van der Waals surface area contributed by atoms with Crippen molar-refractivity contribution < 1.29 is 19.1 Å². The molecule has 0 saturated heterocycles. The molecule has 0 bridgehead atoms. The van der Waals surface area contributed by atoms with Gasteiger partial charge in [-0.2, -0.15) is 0 Å². The summed E-state index contributed by atoms with van der Waals surface area (Å²) < 4.78 is 11.2. The summed E-state index contributed by atoms with van der Waals surface area (Å²) in [5.74, 6) is 1.49. The lowest BCUT2D eigenvalue weighted by molar-refractivity contribution is -0.125. The first-order valence-corrected chi connectivity index (χ1v) is 10.2. The van der Waals surface area contributed by atoms with Crippen molar-refractivity contribution in [2.45, 2.75) is 66.5 Å². The summed E-state index contributed by atoms with van der Waals surface area (Å²) in [5, 5.41) is 5.87. The molecule has 6 heteroatoms. The van der Waals surface area contributed by atoms with Crippen LogP contribution in [0.5, 0.6) is 11.5 Å². The molecule has 0 spiro atoms. The lowest BCUT2D eigenvalue weighted by Crippen LogP contribution is -2.41. The van der Waals surface area contributed by atoms with Crippen molar-refractivity contribution in [1.29, 1.82) is 0 Å². The van der Waals surface area contributed by atoms with E-state index in [1.165, 1.54) is 0 Å². The minimum absolute atomic E-state index is 0.103. The number of hydrogen-bond acceptors (Lipinski definition) is 4. The third kappa shape index (κ3) is 8.63. The molecule has 1 aromatic carbocycles. The quantitative estimate of drug-likeness (QED) is 0.413. The largest absolute Gasteiger partial charge is 0.493 e. The normalized spacial score (nSPS) is 11.0. The second kappa shape index (κ2) is 12.3. The van der Waals surface area contributed by atoms with Crippen LogP contribution in [0.15, 0.2) is 18.2 Å². The fraction of sp³-hybridized carbons (Fsp3) is 0.636. The van der Waals surface area contributed by atoms with Gasteiger partial charge in [0.05, 0.1) is 13.7 Å². The van der Waals surface area contributed by atoms with E-state index < -0.39 is 6.17 Å². The van der Waals surface area contributed by atoms with E-state index in [-0.39, 0.29) is 23.7 Å². The first-order valence-electron chi connectivity index (χ1n) is 10.2. The number of rotatable bonds is 12. The molecule has 0 atom stereocenters. The van der Waals surface area contributed by atoms with Crippen LogP contribution < -0.4 is 20.1 Å². The van der Waals surface area contributed by atoms with Gasteiger partial charge in [0.25, 0.3) is 0 Å². The second-order valence-electron chi connectivity index (χ2n) is 7.88. The number of ether oxygens (including phenoxy) is 2. The highest BCUT2D eigenvalue weighted by Crippen LogP contribution is 2.30. The van der Waals surface area contributed by atoms with Crippen LogP contribution in [0.25, 0.3) is 0 Å². The summed E-state index contributed by atoms with van der Waals surface area (Å²) in [4.78, 5) is 24.7. The molecule has 0 aliphatic rings. The molecular weight excluding hydrogens is 356 g/mol. The summed E-state index contributed by atoms with van der Waals surface area (Å²) in [6, 6.07) is 5.46. The third-order valence-electron chi connectivity index (χ3n) is 4.07. The lowest BCUT2D eigenvalue weighted by Gasteiger charge is -2.23. The fourth-order valence-electron chi connectivity index (χ4n) is 2.70. The van der Waals surface area contributed by atoms with Crippen LogP contribution in [0.2, 0.25) is 0 Å². The molecule has 158 valence electrons. The Kier molecular flexibility index (Phi) is 10.4. The van der Waals surface area contributed by atoms with Crippen molar-refractivity contribution in [3.63, 3.8) is 0 Å². The number of carbonyl (C=O) groups excluding carboxylic acids is 2. The number of benzene rings is 1. The Balaban J connectivity index is 3.07. The average Bonchev–Trinajstić information content (AvgIpc) is 2.60. The molecule has 1 aromatic rings. The van der Waals surface area contributed by atoms with E-state index in [1.54, 1.807) is 13.2 Å². The van der Waals surface area contributed by atoms with Gasteiger partial charge in [0.2, 0.25) is 11.8 Å². The molecule has 28 heavy (non-hydrogen) atoms. The zero-order valence-electron chi connectivity index (χ0n) is 18.1. The lowest BCUT2D eigenvalue weighted by atomic mass is 10.1. The maximum atomic E-state index is 12.3. The van der Waals surface area contributed by atoms with Gasteiger partial charge in [-0.25, -0.2) is 0 Å². The van der Waals surface area contributed by atoms with E-state index in [1.807, 2.05) is 39.8 Å². The number of unbranched alkanes of at least 4 members (excludes halogenated alkanes) is 1. The van der Waals surface area contributed by atoms with Gasteiger partial charge in [-0.05, 0) is 36.0 Å². The molecular formula is C22H36N2O4. The molecule has 0 radical (unpaired) electrons. The molecule has 0 unspecified atom stereocenters. The SMILES string of the molecule is CCCCOc1cc(C(NC(=O)CC(C)C)NC(=O)CC(C)C)ccc1OC. The number of hydrogen-bond donors (Lipinski definition) is 2. The van der Waals surface area contributed by atoms with Crippen LogP contribution in [-0.2, 0) is 9.59 Å². The van der Waals surface area contributed by atoms with Gasteiger partial charge in [-0.1, -0.05) is 47.1 Å². The monoisotopic (exact) mass is 392 g/mol. The van der Waals surface area contributed by atoms with Gasteiger partial charge in [-0.3, -0.25) is 9.59 Å². The van der Waals surface area contributed by atoms with E-state index in [9.17, 15) is 9.59 Å². The van der Waals surface area contributed by atoms with Crippen LogP contribution in [0.4, 0.5) is 0 Å². The van der Waals surface area contributed by atoms with Gasteiger partial charge in [0.15, 0.2) is 11.5 Å². The number of carbonyl (C=O) groups is 2. The molecule has 2 N–H and O–H groups in total. The van der Waals surface area contributed by atoms with Gasteiger partial charge < -0.3 is 20.1 Å². The second-order valence-corrected chi connectivity index (χ2v) is 7.88. The molecule has 0 saturated carbocycles. The van der Waals surface area contributed by atoms with Crippen LogP contribution in [0, 0.1) is 11.8 Å². The molecule has 0 heterocycles. The Hall–Kier alpha value is -2.24. The third-order valence-corrected chi connectivity index (χ3v) is 4.07. The highest BCUT2D eigenvalue weighted by molar-refractivity contribution is 5.79. The van der Waals surface area contributed by atoms with Crippen molar-refractivity contribution in [2.24, 2.45) is 11.8 Å². The zero-order chi connectivity index (χ0) is 21.1. The maximum Gasteiger partial charge on any atom is 0.222 e. The molecule has 6 nitrogen and oxygen atoms in total. The van der Waals surface area contributed by atoms with Crippen molar-refractivity contribution in [3.8, 4) is 11.5 Å². The summed E-state index contributed by atoms with van der Waals surface area (Å²) in [7, 11) is 1.59.